The van der Waals surface area contributed by atoms with Crippen LogP contribution in [0.3, 0.4) is 0 Å². The molecule has 4 rings (SSSR count). The fourth-order valence-corrected chi connectivity index (χ4v) is 5.04. The number of ether oxygens (including phenoxy) is 2. The van der Waals surface area contributed by atoms with Gasteiger partial charge in [-0.25, -0.2) is 13.2 Å². The molecule has 2 heterocycles. The van der Waals surface area contributed by atoms with Crippen LogP contribution in [0, 0.1) is 5.92 Å². The average molecular weight is 401 g/mol. The Hall–Kier alpha value is -2.87. The number of methoxy groups -OCH3 is 1. The van der Waals surface area contributed by atoms with Crippen LogP contribution < -0.4 is 4.74 Å². The first-order chi connectivity index (χ1) is 13.4. The molecule has 0 radical (unpaired) electrons. The van der Waals surface area contributed by atoms with Crippen LogP contribution in [0.5, 0.6) is 5.75 Å². The van der Waals surface area contributed by atoms with Crippen molar-refractivity contribution in [1.82, 2.24) is 4.90 Å². The van der Waals surface area contributed by atoms with Crippen molar-refractivity contribution >= 4 is 21.7 Å². The van der Waals surface area contributed by atoms with E-state index in [-0.39, 0.29) is 17.2 Å². The van der Waals surface area contributed by atoms with E-state index in [9.17, 15) is 18.0 Å². The maximum atomic E-state index is 12.9. The first-order valence-corrected chi connectivity index (χ1v) is 10.5. The second kappa shape index (κ2) is 6.94. The lowest BCUT2D eigenvalue weighted by Crippen LogP contribution is -2.36. The van der Waals surface area contributed by atoms with Crippen molar-refractivity contribution in [2.75, 3.05) is 19.6 Å². The number of fused-ring (bicyclic) bond motifs is 3. The van der Waals surface area contributed by atoms with Crippen molar-refractivity contribution in [3.8, 4) is 5.75 Å². The van der Waals surface area contributed by atoms with Gasteiger partial charge in [-0.05, 0) is 30.2 Å². The minimum Gasteiger partial charge on any atom is -0.497 e. The molecule has 1 saturated heterocycles. The van der Waals surface area contributed by atoms with Crippen LogP contribution in [-0.2, 0) is 14.6 Å². The van der Waals surface area contributed by atoms with E-state index in [0.29, 0.717) is 23.3 Å². The minimum absolute atomic E-state index is 0.0764. The molecule has 0 N–H and O–H groups in total. The highest BCUT2D eigenvalue weighted by Crippen LogP contribution is 2.42. The zero-order valence-electron chi connectivity index (χ0n) is 15.2. The summed E-state index contributed by atoms with van der Waals surface area (Å²) in [5.74, 6) is -0.765. The van der Waals surface area contributed by atoms with Crippen LogP contribution in [0.15, 0.2) is 53.4 Å². The van der Waals surface area contributed by atoms with Gasteiger partial charge >= 0.3 is 6.09 Å². The number of hydrogen-bond acceptors (Lipinski definition) is 6. The van der Waals surface area contributed by atoms with Crippen molar-refractivity contribution in [1.29, 1.82) is 0 Å². The smallest absolute Gasteiger partial charge is 0.411 e. The molecule has 2 atom stereocenters. The Balaban J connectivity index is 1.77. The molecule has 2 aromatic carbocycles. The fourth-order valence-electron chi connectivity index (χ4n) is 3.83. The molecule has 0 spiro atoms. The number of nitrogens with zero attached hydrogens (tertiary/aromatic N) is 1. The van der Waals surface area contributed by atoms with Gasteiger partial charge in [0.1, 0.15) is 5.75 Å². The Morgan fingerprint density at radius 3 is 2.64 bits per heavy atom. The molecule has 0 bridgehead atoms. The van der Waals surface area contributed by atoms with Gasteiger partial charge in [-0.2, -0.15) is 0 Å². The number of Topliss-reactive ketones (excluding diaryl/α,β-unsaturated/α-hetero) is 1. The zero-order chi connectivity index (χ0) is 19.9. The summed E-state index contributed by atoms with van der Waals surface area (Å²) in [5, 5.41) is 0. The molecule has 7 nitrogen and oxygen atoms in total. The largest absolute Gasteiger partial charge is 0.497 e. The number of amides is 1. The van der Waals surface area contributed by atoms with Gasteiger partial charge in [0.05, 0.1) is 18.0 Å². The Morgan fingerprint density at radius 1 is 1.18 bits per heavy atom. The van der Waals surface area contributed by atoms with Crippen LogP contribution in [-0.4, -0.2) is 44.8 Å². The lowest BCUT2D eigenvalue weighted by molar-refractivity contribution is 0.0914. The lowest BCUT2D eigenvalue weighted by Gasteiger charge is -2.28. The van der Waals surface area contributed by atoms with Crippen LogP contribution in [0.25, 0.3) is 0 Å². The predicted molar refractivity (Wildman–Crippen MR) is 99.9 cm³/mol. The van der Waals surface area contributed by atoms with Crippen molar-refractivity contribution in [2.45, 2.75) is 17.4 Å². The number of benzene rings is 2. The Kier molecular flexibility index (Phi) is 4.58. The second-order valence-corrected chi connectivity index (χ2v) is 8.78. The molecular weight excluding hydrogens is 382 g/mol. The van der Waals surface area contributed by atoms with E-state index in [0.717, 1.165) is 0 Å². The standard InChI is InChI=1S/C20H19NO6S/c1-26-15-7-8-18-16(10-15)17-9-14(19(22)13-5-3-2-4-6-13)11-21(17)20(23)27-12-28(18,24)25/h2-8,10,14,17H,9,11-12H2,1H3/t14-,17+/m0/s1. The third-order valence-electron chi connectivity index (χ3n) is 5.21. The molecule has 2 aliphatic rings. The van der Waals surface area contributed by atoms with Gasteiger partial charge in [-0.1, -0.05) is 30.3 Å². The molecule has 0 aliphatic carbocycles. The average Bonchev–Trinajstić information content (AvgIpc) is 3.16. The van der Waals surface area contributed by atoms with Crippen molar-refractivity contribution in [3.63, 3.8) is 0 Å². The first-order valence-electron chi connectivity index (χ1n) is 8.84. The quantitative estimate of drug-likeness (QED) is 0.735. The van der Waals surface area contributed by atoms with E-state index in [2.05, 4.69) is 0 Å². The Morgan fingerprint density at radius 2 is 1.93 bits per heavy atom. The fraction of sp³-hybridized carbons (Fsp3) is 0.300. The van der Waals surface area contributed by atoms with Crippen molar-refractivity contribution in [2.24, 2.45) is 5.92 Å². The molecular formula is C20H19NO6S. The third kappa shape index (κ3) is 3.13. The summed E-state index contributed by atoms with van der Waals surface area (Å²) in [6.45, 7) is 0.175. The number of carbonyl (C=O) groups is 2. The molecule has 1 fully saturated rings. The second-order valence-electron chi connectivity index (χ2n) is 6.88. The highest BCUT2D eigenvalue weighted by Gasteiger charge is 2.44. The predicted octanol–water partition coefficient (Wildman–Crippen LogP) is 2.82. The van der Waals surface area contributed by atoms with Crippen LogP contribution in [0.4, 0.5) is 4.79 Å². The molecule has 8 heteroatoms. The SMILES string of the molecule is COc1ccc2c(c1)[C@H]1C[C@H](C(=O)c3ccccc3)CN1C(=O)OCS2(=O)=O. The Labute approximate surface area is 162 Å². The van der Waals surface area contributed by atoms with Crippen LogP contribution in [0.2, 0.25) is 0 Å². The highest BCUT2D eigenvalue weighted by molar-refractivity contribution is 7.91. The summed E-state index contributed by atoms with van der Waals surface area (Å²) in [6.07, 6.45) is -0.413. The molecule has 0 saturated carbocycles. The van der Waals surface area contributed by atoms with Gasteiger partial charge < -0.3 is 14.4 Å². The zero-order valence-corrected chi connectivity index (χ0v) is 16.0. The summed E-state index contributed by atoms with van der Waals surface area (Å²) in [6, 6.07) is 12.9. The number of rotatable bonds is 3. The van der Waals surface area contributed by atoms with Gasteiger partial charge in [0.25, 0.3) is 0 Å². The van der Waals surface area contributed by atoms with Crippen LogP contribution in [0.1, 0.15) is 28.4 Å². The van der Waals surface area contributed by atoms with Gasteiger partial charge in [0.2, 0.25) is 9.84 Å². The van der Waals surface area contributed by atoms with Gasteiger partial charge in [0.15, 0.2) is 11.7 Å². The Bertz CT molecular complexity index is 1030. The number of ketones is 1. The van der Waals surface area contributed by atoms with E-state index in [1.165, 1.54) is 18.1 Å². The molecule has 2 aromatic rings. The monoisotopic (exact) mass is 401 g/mol. The maximum Gasteiger partial charge on any atom is 0.411 e. The number of hydrogen-bond donors (Lipinski definition) is 0. The highest BCUT2D eigenvalue weighted by atomic mass is 32.2. The summed E-state index contributed by atoms with van der Waals surface area (Å²) in [4.78, 5) is 27.0. The molecule has 146 valence electrons. The van der Waals surface area contributed by atoms with Gasteiger partial charge in [0, 0.05) is 18.0 Å². The van der Waals surface area contributed by atoms with Gasteiger partial charge in [-0.3, -0.25) is 4.79 Å². The summed E-state index contributed by atoms with van der Waals surface area (Å²) < 4.78 is 35.5. The first kappa shape index (κ1) is 18.5. The topological polar surface area (TPSA) is 90.0 Å². The molecule has 1 amide bonds. The number of cyclic esters (lactones) is 1. The van der Waals surface area contributed by atoms with Gasteiger partial charge in [-0.15, -0.1) is 0 Å². The third-order valence-corrected chi connectivity index (χ3v) is 6.68. The maximum absolute atomic E-state index is 12.9. The van der Waals surface area contributed by atoms with Crippen molar-refractivity contribution < 1.29 is 27.5 Å². The number of sulfone groups is 1. The normalized spacial score (nSPS) is 23.0. The van der Waals surface area contributed by atoms with E-state index in [1.54, 1.807) is 36.4 Å². The van der Waals surface area contributed by atoms with E-state index >= 15 is 0 Å². The van der Waals surface area contributed by atoms with E-state index in [1.807, 2.05) is 6.07 Å². The summed E-state index contributed by atoms with van der Waals surface area (Å²) in [5.41, 5.74) is 1.02. The summed E-state index contributed by atoms with van der Waals surface area (Å²) >= 11 is 0. The van der Waals surface area contributed by atoms with Crippen molar-refractivity contribution in [3.05, 3.63) is 59.7 Å². The minimum atomic E-state index is -3.80. The summed E-state index contributed by atoms with van der Waals surface area (Å²) in [7, 11) is -2.31. The molecule has 0 aromatic heterocycles. The van der Waals surface area contributed by atoms with E-state index in [4.69, 9.17) is 9.47 Å². The number of carbonyl (C=O) groups excluding carboxylic acids is 2. The van der Waals surface area contributed by atoms with Crippen LogP contribution >= 0.6 is 0 Å². The molecule has 28 heavy (non-hydrogen) atoms. The molecule has 0 unspecified atom stereocenters. The lowest BCUT2D eigenvalue weighted by atomic mass is 9.93. The molecule has 2 aliphatic heterocycles. The van der Waals surface area contributed by atoms with E-state index < -0.39 is 33.8 Å².